The van der Waals surface area contributed by atoms with Crippen molar-refractivity contribution < 1.29 is 14.3 Å². The molecular weight excluding hydrogens is 372 g/mol. The number of methoxy groups -OCH3 is 1. The minimum absolute atomic E-state index is 0.000381. The van der Waals surface area contributed by atoms with Crippen LogP contribution in [0.3, 0.4) is 0 Å². The van der Waals surface area contributed by atoms with Gasteiger partial charge in [0.25, 0.3) is 5.91 Å². The third kappa shape index (κ3) is 5.33. The molecule has 3 aromatic rings. The largest absolute Gasteiger partial charge is 0.497 e. The summed E-state index contributed by atoms with van der Waals surface area (Å²) in [6.45, 7) is 3.65. The van der Waals surface area contributed by atoms with Gasteiger partial charge in [0.05, 0.1) is 19.3 Å². The third-order valence-corrected chi connectivity index (χ3v) is 5.05. The van der Waals surface area contributed by atoms with E-state index >= 15 is 0 Å². The minimum Gasteiger partial charge on any atom is -0.497 e. The van der Waals surface area contributed by atoms with E-state index in [1.54, 1.807) is 42.7 Å². The second kappa shape index (κ2) is 9.90. The van der Waals surface area contributed by atoms with Gasteiger partial charge in [-0.1, -0.05) is 25.1 Å². The molecule has 0 aliphatic heterocycles. The lowest BCUT2D eigenvalue weighted by molar-refractivity contribution is 0.0741. The first kappa shape index (κ1) is 19.9. The van der Waals surface area contributed by atoms with Crippen LogP contribution >= 0.6 is 11.3 Å². The number of aromatic nitrogens is 1. The van der Waals surface area contributed by atoms with Crippen molar-refractivity contribution in [3.8, 4) is 11.5 Å². The van der Waals surface area contributed by atoms with Crippen molar-refractivity contribution in [2.24, 2.45) is 0 Å². The summed E-state index contributed by atoms with van der Waals surface area (Å²) in [6.07, 6.45) is 0.885. The first-order chi connectivity index (χ1) is 13.7. The Morgan fingerprint density at radius 2 is 1.82 bits per heavy atom. The maximum Gasteiger partial charge on any atom is 0.254 e. The molecule has 0 saturated carbocycles. The van der Waals surface area contributed by atoms with Crippen LogP contribution in [0.25, 0.3) is 0 Å². The molecule has 0 unspecified atom stereocenters. The third-order valence-electron chi connectivity index (χ3n) is 4.18. The molecule has 0 N–H and O–H groups in total. The topological polar surface area (TPSA) is 51.7 Å². The lowest BCUT2D eigenvalue weighted by Gasteiger charge is -2.21. The van der Waals surface area contributed by atoms with Gasteiger partial charge >= 0.3 is 0 Å². The summed E-state index contributed by atoms with van der Waals surface area (Å²) in [7, 11) is 1.61. The SMILES string of the molecule is CCCN(Cc1csc(COc2ccccc2)n1)C(=O)c1ccc(OC)cc1. The van der Waals surface area contributed by atoms with E-state index in [4.69, 9.17) is 9.47 Å². The first-order valence-corrected chi connectivity index (χ1v) is 10.1. The fourth-order valence-corrected chi connectivity index (χ4v) is 3.48. The van der Waals surface area contributed by atoms with Gasteiger partial charge in [-0.25, -0.2) is 4.98 Å². The van der Waals surface area contributed by atoms with Crippen molar-refractivity contribution in [3.63, 3.8) is 0 Å². The summed E-state index contributed by atoms with van der Waals surface area (Å²) in [5.74, 6) is 1.56. The number of thiazole rings is 1. The van der Waals surface area contributed by atoms with E-state index in [2.05, 4.69) is 11.9 Å². The van der Waals surface area contributed by atoms with Crippen molar-refractivity contribution in [2.75, 3.05) is 13.7 Å². The second-order valence-electron chi connectivity index (χ2n) is 6.29. The maximum atomic E-state index is 12.9. The molecule has 3 rings (SSSR count). The summed E-state index contributed by atoms with van der Waals surface area (Å²) in [6, 6.07) is 16.9. The van der Waals surface area contributed by atoms with Gasteiger partial charge in [-0.05, 0) is 42.8 Å². The number of nitrogens with zero attached hydrogens (tertiary/aromatic N) is 2. The van der Waals surface area contributed by atoms with Gasteiger partial charge in [0.1, 0.15) is 23.1 Å². The molecule has 1 amide bonds. The van der Waals surface area contributed by atoms with E-state index < -0.39 is 0 Å². The summed E-state index contributed by atoms with van der Waals surface area (Å²) >= 11 is 1.55. The lowest BCUT2D eigenvalue weighted by Crippen LogP contribution is -2.31. The van der Waals surface area contributed by atoms with Crippen molar-refractivity contribution in [1.82, 2.24) is 9.88 Å². The zero-order valence-electron chi connectivity index (χ0n) is 16.1. The van der Waals surface area contributed by atoms with Crippen LogP contribution in [0.2, 0.25) is 0 Å². The zero-order chi connectivity index (χ0) is 19.8. The predicted molar refractivity (Wildman–Crippen MR) is 111 cm³/mol. The molecule has 1 aromatic heterocycles. The normalized spacial score (nSPS) is 10.5. The highest BCUT2D eigenvalue weighted by Gasteiger charge is 2.17. The minimum atomic E-state index is -0.000381. The average molecular weight is 397 g/mol. The van der Waals surface area contributed by atoms with Crippen molar-refractivity contribution in [2.45, 2.75) is 26.5 Å². The van der Waals surface area contributed by atoms with Crippen molar-refractivity contribution in [1.29, 1.82) is 0 Å². The average Bonchev–Trinajstić information content (AvgIpc) is 3.20. The van der Waals surface area contributed by atoms with Crippen molar-refractivity contribution in [3.05, 3.63) is 76.2 Å². The van der Waals surface area contributed by atoms with Gasteiger partial charge < -0.3 is 14.4 Å². The Bertz CT molecular complexity index is 878. The molecule has 0 saturated heterocycles. The summed E-state index contributed by atoms with van der Waals surface area (Å²) < 4.78 is 10.9. The van der Waals surface area contributed by atoms with E-state index in [0.29, 0.717) is 25.3 Å². The van der Waals surface area contributed by atoms with Gasteiger partial charge in [0, 0.05) is 17.5 Å². The Kier molecular flexibility index (Phi) is 7.03. The van der Waals surface area contributed by atoms with E-state index in [1.807, 2.05) is 40.6 Å². The van der Waals surface area contributed by atoms with Gasteiger partial charge in [0.15, 0.2) is 0 Å². The molecule has 0 aliphatic carbocycles. The molecule has 6 heteroatoms. The smallest absolute Gasteiger partial charge is 0.254 e. The number of benzene rings is 2. The number of hydrogen-bond donors (Lipinski definition) is 0. The molecule has 1 heterocycles. The molecule has 0 spiro atoms. The predicted octanol–water partition coefficient (Wildman–Crippen LogP) is 4.78. The Labute approximate surface area is 169 Å². The summed E-state index contributed by atoms with van der Waals surface area (Å²) in [5, 5.41) is 2.89. The Hall–Kier alpha value is -2.86. The van der Waals surface area contributed by atoms with E-state index in [0.717, 1.165) is 28.6 Å². The molecule has 146 valence electrons. The lowest BCUT2D eigenvalue weighted by atomic mass is 10.2. The van der Waals surface area contributed by atoms with Gasteiger partial charge in [-0.15, -0.1) is 11.3 Å². The van der Waals surface area contributed by atoms with Crippen LogP contribution in [0.15, 0.2) is 60.0 Å². The Morgan fingerprint density at radius 1 is 1.07 bits per heavy atom. The van der Waals surface area contributed by atoms with Crippen LogP contribution in [0.1, 0.15) is 34.4 Å². The fourth-order valence-electron chi connectivity index (χ4n) is 2.78. The van der Waals surface area contributed by atoms with Crippen LogP contribution < -0.4 is 9.47 Å². The quantitative estimate of drug-likeness (QED) is 0.522. The monoisotopic (exact) mass is 396 g/mol. The highest BCUT2D eigenvalue weighted by Crippen LogP contribution is 2.18. The molecule has 0 fully saturated rings. The molecule has 0 aliphatic rings. The molecule has 5 nitrogen and oxygen atoms in total. The summed E-state index contributed by atoms with van der Waals surface area (Å²) in [5.41, 5.74) is 1.53. The second-order valence-corrected chi connectivity index (χ2v) is 7.23. The number of hydrogen-bond acceptors (Lipinski definition) is 5. The van der Waals surface area contributed by atoms with Crippen LogP contribution in [-0.4, -0.2) is 29.4 Å². The molecule has 28 heavy (non-hydrogen) atoms. The maximum absolute atomic E-state index is 12.9. The standard InChI is InChI=1S/C22H24N2O3S/c1-3-13-24(22(25)17-9-11-19(26-2)12-10-17)14-18-16-28-21(23-18)15-27-20-7-5-4-6-8-20/h4-12,16H,3,13-15H2,1-2H3. The number of amides is 1. The highest BCUT2D eigenvalue weighted by atomic mass is 32.1. The number of ether oxygens (including phenoxy) is 2. The van der Waals surface area contributed by atoms with Gasteiger partial charge in [-0.2, -0.15) is 0 Å². The van der Waals surface area contributed by atoms with Crippen LogP contribution in [0, 0.1) is 0 Å². The van der Waals surface area contributed by atoms with Gasteiger partial charge in [-0.3, -0.25) is 4.79 Å². The summed E-state index contributed by atoms with van der Waals surface area (Å²) in [4.78, 5) is 19.4. The van der Waals surface area contributed by atoms with E-state index in [9.17, 15) is 4.79 Å². The Balaban J connectivity index is 1.63. The molecule has 0 atom stereocenters. The Morgan fingerprint density at radius 3 is 2.50 bits per heavy atom. The zero-order valence-corrected chi connectivity index (χ0v) is 16.9. The van der Waals surface area contributed by atoms with E-state index in [-0.39, 0.29) is 5.91 Å². The van der Waals surface area contributed by atoms with Crippen molar-refractivity contribution >= 4 is 17.2 Å². The first-order valence-electron chi connectivity index (χ1n) is 9.24. The van der Waals surface area contributed by atoms with E-state index in [1.165, 1.54) is 0 Å². The van der Waals surface area contributed by atoms with Crippen LogP contribution in [0.4, 0.5) is 0 Å². The van der Waals surface area contributed by atoms with Crippen LogP contribution in [-0.2, 0) is 13.2 Å². The highest BCUT2D eigenvalue weighted by molar-refractivity contribution is 7.09. The number of rotatable bonds is 9. The number of para-hydroxylation sites is 1. The van der Waals surface area contributed by atoms with Gasteiger partial charge in [0.2, 0.25) is 0 Å². The number of carbonyl (C=O) groups is 1. The molecule has 0 bridgehead atoms. The molecule has 0 radical (unpaired) electrons. The molecular formula is C22H24N2O3S. The fraction of sp³-hybridized carbons (Fsp3) is 0.273. The van der Waals surface area contributed by atoms with Crippen LogP contribution in [0.5, 0.6) is 11.5 Å². The number of carbonyl (C=O) groups excluding carboxylic acids is 1. The molecule has 2 aromatic carbocycles.